The molecule has 1 saturated heterocycles. The quantitative estimate of drug-likeness (QED) is 0.596. The van der Waals surface area contributed by atoms with E-state index in [1.165, 1.54) is 5.69 Å². The van der Waals surface area contributed by atoms with E-state index in [1.54, 1.807) is 19.6 Å². The van der Waals surface area contributed by atoms with Gasteiger partial charge in [-0.25, -0.2) is 14.5 Å². The average Bonchev–Trinajstić information content (AvgIpc) is 3.42. The molecule has 0 saturated carbocycles. The Labute approximate surface area is 177 Å². The Hall–Kier alpha value is -3.16. The van der Waals surface area contributed by atoms with Crippen LogP contribution in [-0.4, -0.2) is 64.2 Å². The third-order valence-electron chi connectivity index (χ3n) is 5.13. The summed E-state index contributed by atoms with van der Waals surface area (Å²) in [4.78, 5) is 23.7. The fourth-order valence-electron chi connectivity index (χ4n) is 3.43. The molecule has 1 aliphatic heterocycles. The molecular weight excluding hydrogens is 380 g/mol. The summed E-state index contributed by atoms with van der Waals surface area (Å²) in [6.45, 7) is 4.65. The minimum Gasteiger partial charge on any atom is -0.481 e. The number of rotatable bonds is 7. The monoisotopic (exact) mass is 410 g/mol. The number of amides is 1. The van der Waals surface area contributed by atoms with Crippen molar-refractivity contribution >= 4 is 17.2 Å². The number of likely N-dealkylation sites (N-methyl/N-ethyl adjacent to an activating group) is 1. The maximum absolute atomic E-state index is 11.5. The number of nitrogens with zero attached hydrogens (tertiary/aromatic N) is 6. The van der Waals surface area contributed by atoms with Crippen molar-refractivity contribution in [3.8, 4) is 5.88 Å². The number of hydrogen-bond acceptors (Lipinski definition) is 6. The van der Waals surface area contributed by atoms with Crippen molar-refractivity contribution in [1.29, 1.82) is 0 Å². The Morgan fingerprint density at radius 1 is 1.23 bits per heavy atom. The molecule has 0 aliphatic carbocycles. The van der Waals surface area contributed by atoms with Gasteiger partial charge in [0.25, 0.3) is 0 Å². The second kappa shape index (κ2) is 10.6. The van der Waals surface area contributed by atoms with Gasteiger partial charge in [-0.05, 0) is 31.0 Å². The number of methoxy groups -OCH3 is 1. The number of fused-ring (bicyclic) bond motifs is 1. The molecule has 1 amide bonds. The molecule has 0 atom stereocenters. The van der Waals surface area contributed by atoms with Crippen LogP contribution in [0.2, 0.25) is 0 Å². The first kappa shape index (κ1) is 21.5. The third kappa shape index (κ3) is 5.46. The van der Waals surface area contributed by atoms with Gasteiger partial charge in [0.15, 0.2) is 5.65 Å². The smallest absolute Gasteiger partial charge is 0.222 e. The minimum atomic E-state index is 0.274. The molecule has 160 valence electrons. The van der Waals surface area contributed by atoms with Crippen LogP contribution in [0.1, 0.15) is 31.9 Å². The Morgan fingerprint density at radius 3 is 2.83 bits per heavy atom. The van der Waals surface area contributed by atoms with Crippen molar-refractivity contribution in [1.82, 2.24) is 24.5 Å². The number of carbonyl (C=O) groups excluding carboxylic acids is 1. The third-order valence-corrected chi connectivity index (χ3v) is 5.13. The molecule has 0 unspecified atom stereocenters. The van der Waals surface area contributed by atoms with Gasteiger partial charge in [0.2, 0.25) is 11.8 Å². The van der Waals surface area contributed by atoms with Crippen LogP contribution in [0.25, 0.3) is 5.65 Å². The van der Waals surface area contributed by atoms with Crippen LogP contribution >= 0.6 is 0 Å². The molecule has 8 nitrogen and oxygen atoms in total. The predicted molar refractivity (Wildman–Crippen MR) is 117 cm³/mol. The highest BCUT2D eigenvalue weighted by Crippen LogP contribution is 2.17. The molecular formula is C22H30N6O2. The summed E-state index contributed by atoms with van der Waals surface area (Å²) in [5, 5.41) is 4.14. The van der Waals surface area contributed by atoms with Crippen molar-refractivity contribution in [2.24, 2.45) is 0 Å². The lowest BCUT2D eigenvalue weighted by Gasteiger charge is -2.23. The molecule has 4 heterocycles. The lowest BCUT2D eigenvalue weighted by molar-refractivity contribution is -0.127. The number of carbonyl (C=O) groups is 1. The zero-order valence-electron chi connectivity index (χ0n) is 18.0. The van der Waals surface area contributed by atoms with Crippen molar-refractivity contribution in [2.75, 3.05) is 38.7 Å². The fraction of sp³-hybridized carbons (Fsp3) is 0.455. The molecule has 3 aromatic heterocycles. The Kier molecular flexibility index (Phi) is 7.59. The van der Waals surface area contributed by atoms with Crippen molar-refractivity contribution in [2.45, 2.75) is 32.6 Å². The van der Waals surface area contributed by atoms with Gasteiger partial charge in [-0.15, -0.1) is 0 Å². The molecule has 0 radical (unpaired) electrons. The molecule has 0 N–H and O–H groups in total. The molecule has 30 heavy (non-hydrogen) atoms. The van der Waals surface area contributed by atoms with Gasteiger partial charge < -0.3 is 14.5 Å². The van der Waals surface area contributed by atoms with E-state index >= 15 is 0 Å². The van der Waals surface area contributed by atoms with Crippen LogP contribution in [0, 0.1) is 0 Å². The van der Waals surface area contributed by atoms with Gasteiger partial charge in [-0.1, -0.05) is 19.4 Å². The van der Waals surface area contributed by atoms with Gasteiger partial charge >= 0.3 is 0 Å². The summed E-state index contributed by atoms with van der Waals surface area (Å²) in [6, 6.07) is 9.91. The van der Waals surface area contributed by atoms with Crippen molar-refractivity contribution in [3.63, 3.8) is 0 Å². The van der Waals surface area contributed by atoms with Gasteiger partial charge in [0.05, 0.1) is 7.11 Å². The largest absolute Gasteiger partial charge is 0.481 e. The highest BCUT2D eigenvalue weighted by molar-refractivity contribution is 5.78. The Balaban J connectivity index is 0.000000184. The van der Waals surface area contributed by atoms with Crippen molar-refractivity contribution < 1.29 is 9.53 Å². The van der Waals surface area contributed by atoms with Gasteiger partial charge in [-0.3, -0.25) is 4.79 Å². The van der Waals surface area contributed by atoms with Crippen LogP contribution in [0.3, 0.4) is 0 Å². The normalized spacial score (nSPS) is 13.3. The SMILES string of the molecule is CCCc1cccc2ncnn12.COc1cc(N(C)CCN2CCCC2=O)ccn1. The Morgan fingerprint density at radius 2 is 2.10 bits per heavy atom. The molecule has 3 aromatic rings. The molecule has 0 bridgehead atoms. The predicted octanol–water partition coefficient (Wildman–Crippen LogP) is 2.83. The van der Waals surface area contributed by atoms with Gasteiger partial charge in [-0.2, -0.15) is 5.10 Å². The van der Waals surface area contributed by atoms with Crippen molar-refractivity contribution in [3.05, 3.63) is 48.5 Å². The van der Waals surface area contributed by atoms with E-state index in [0.717, 1.165) is 50.2 Å². The van der Waals surface area contributed by atoms with Gasteiger partial charge in [0, 0.05) is 56.7 Å². The summed E-state index contributed by atoms with van der Waals surface area (Å²) in [5.41, 5.74) is 3.21. The summed E-state index contributed by atoms with van der Waals surface area (Å²) in [6.07, 6.45) is 7.21. The second-order valence-electron chi connectivity index (χ2n) is 7.26. The number of anilines is 1. The number of hydrogen-bond donors (Lipinski definition) is 0. The molecule has 0 spiro atoms. The number of aromatic nitrogens is 4. The van der Waals surface area contributed by atoms with E-state index in [4.69, 9.17) is 4.74 Å². The van der Waals surface area contributed by atoms with E-state index in [-0.39, 0.29) is 5.91 Å². The van der Waals surface area contributed by atoms with E-state index in [1.807, 2.05) is 40.7 Å². The van der Waals surface area contributed by atoms with Crippen LogP contribution in [0.15, 0.2) is 42.9 Å². The number of likely N-dealkylation sites (tertiary alicyclic amines) is 1. The lowest BCUT2D eigenvalue weighted by atomic mass is 10.2. The summed E-state index contributed by atoms with van der Waals surface area (Å²) in [7, 11) is 3.62. The van der Waals surface area contributed by atoms with Crippen LogP contribution < -0.4 is 9.64 Å². The minimum absolute atomic E-state index is 0.274. The van der Waals surface area contributed by atoms with E-state index in [9.17, 15) is 4.79 Å². The lowest BCUT2D eigenvalue weighted by Crippen LogP contribution is -2.33. The summed E-state index contributed by atoms with van der Waals surface area (Å²) < 4.78 is 6.99. The first-order valence-electron chi connectivity index (χ1n) is 10.4. The first-order valence-corrected chi connectivity index (χ1v) is 10.4. The molecule has 0 aromatic carbocycles. The highest BCUT2D eigenvalue weighted by atomic mass is 16.5. The molecule has 1 fully saturated rings. The Bertz CT molecular complexity index is 957. The number of ether oxygens (including phenoxy) is 1. The van der Waals surface area contributed by atoms with Crippen LogP contribution in [0.4, 0.5) is 5.69 Å². The standard InChI is InChI=1S/C13H19N3O2.C9H11N3/c1-15(8-9-16-7-3-4-13(16)17)11-5-6-14-12(10-11)18-2;1-2-4-8-5-3-6-9-10-7-11-12(8)9/h5-6,10H,3-4,7-9H2,1-2H3;3,5-7H,2,4H2,1H3. The second-order valence-corrected chi connectivity index (χ2v) is 7.26. The average molecular weight is 411 g/mol. The maximum atomic E-state index is 11.5. The topological polar surface area (TPSA) is 75.9 Å². The fourth-order valence-corrected chi connectivity index (χ4v) is 3.43. The highest BCUT2D eigenvalue weighted by Gasteiger charge is 2.19. The summed E-state index contributed by atoms with van der Waals surface area (Å²) in [5.74, 6) is 0.882. The maximum Gasteiger partial charge on any atom is 0.222 e. The first-order chi connectivity index (χ1) is 14.6. The van der Waals surface area contributed by atoms with E-state index in [2.05, 4.69) is 33.0 Å². The molecule has 4 rings (SSSR count). The van der Waals surface area contributed by atoms with E-state index < -0.39 is 0 Å². The number of aryl methyl sites for hydroxylation is 1. The van der Waals surface area contributed by atoms with E-state index in [0.29, 0.717) is 12.3 Å². The molecule has 8 heteroatoms. The number of pyridine rings is 2. The zero-order chi connectivity index (χ0) is 21.3. The summed E-state index contributed by atoms with van der Waals surface area (Å²) >= 11 is 0. The van der Waals surface area contributed by atoms with Crippen LogP contribution in [0.5, 0.6) is 5.88 Å². The van der Waals surface area contributed by atoms with Gasteiger partial charge in [0.1, 0.15) is 6.33 Å². The molecule has 1 aliphatic rings. The zero-order valence-corrected chi connectivity index (χ0v) is 18.0. The van der Waals surface area contributed by atoms with Crippen LogP contribution in [-0.2, 0) is 11.2 Å².